The number of pyridine rings is 1. The van der Waals surface area contributed by atoms with Crippen molar-refractivity contribution in [1.29, 1.82) is 0 Å². The second-order valence-corrected chi connectivity index (χ2v) is 5.21. The largest absolute Gasteiger partial charge is 0.409 e. The number of amidine groups is 1. The molecule has 0 bridgehead atoms. The number of nitrogens with two attached hydrogens (primary N) is 1. The summed E-state index contributed by atoms with van der Waals surface area (Å²) in [6.45, 7) is 1.77. The molecule has 1 atom stereocenters. The number of oxime groups is 1. The average molecular weight is 284 g/mol. The zero-order valence-electron chi connectivity index (χ0n) is 11.0. The van der Waals surface area contributed by atoms with Crippen LogP contribution in [0.3, 0.4) is 0 Å². The Morgan fingerprint density at radius 2 is 2.37 bits per heavy atom. The summed E-state index contributed by atoms with van der Waals surface area (Å²) in [5.74, 6) is 0.687. The van der Waals surface area contributed by atoms with Gasteiger partial charge in [0, 0.05) is 30.9 Å². The summed E-state index contributed by atoms with van der Waals surface area (Å²) >= 11 is 6.30. The number of rotatable bonds is 3. The van der Waals surface area contributed by atoms with Gasteiger partial charge < -0.3 is 20.7 Å². The van der Waals surface area contributed by atoms with Crippen LogP contribution in [0.25, 0.3) is 0 Å². The molecule has 19 heavy (non-hydrogen) atoms. The Morgan fingerprint density at radius 1 is 1.63 bits per heavy atom. The van der Waals surface area contributed by atoms with Crippen LogP contribution in [0.5, 0.6) is 0 Å². The Balaban J connectivity index is 2.27. The van der Waals surface area contributed by atoms with E-state index in [0.717, 1.165) is 19.5 Å². The van der Waals surface area contributed by atoms with Crippen molar-refractivity contribution in [2.45, 2.75) is 12.5 Å². The van der Waals surface area contributed by atoms with Crippen molar-refractivity contribution in [2.75, 3.05) is 32.1 Å². The predicted octanol–water partition coefficient (Wildman–Crippen LogP) is 0.970. The van der Waals surface area contributed by atoms with E-state index >= 15 is 0 Å². The van der Waals surface area contributed by atoms with Crippen molar-refractivity contribution in [2.24, 2.45) is 10.9 Å². The molecule has 1 unspecified atom stereocenters. The highest BCUT2D eigenvalue weighted by Crippen LogP contribution is 2.29. The van der Waals surface area contributed by atoms with Crippen molar-refractivity contribution >= 4 is 23.3 Å². The molecule has 0 amide bonds. The molecule has 0 saturated carbocycles. The summed E-state index contributed by atoms with van der Waals surface area (Å²) in [6, 6.07) is 2.13. The van der Waals surface area contributed by atoms with E-state index in [4.69, 9.17) is 22.5 Å². The summed E-state index contributed by atoms with van der Waals surface area (Å²) in [5.41, 5.74) is 6.10. The van der Waals surface area contributed by atoms with E-state index in [-0.39, 0.29) is 5.84 Å². The Labute approximate surface area is 117 Å². The third-order valence-corrected chi connectivity index (χ3v) is 3.82. The van der Waals surface area contributed by atoms with Crippen LogP contribution >= 0.6 is 11.6 Å². The molecule has 3 N–H and O–H groups in total. The maximum Gasteiger partial charge on any atom is 0.171 e. The predicted molar refractivity (Wildman–Crippen MR) is 76.1 cm³/mol. The van der Waals surface area contributed by atoms with E-state index in [0.29, 0.717) is 22.4 Å². The molecule has 2 heterocycles. The van der Waals surface area contributed by atoms with E-state index < -0.39 is 0 Å². The summed E-state index contributed by atoms with van der Waals surface area (Å²) in [5, 5.41) is 12.2. The number of hydrogen-bond acceptors (Lipinski definition) is 5. The number of nitrogens with zero attached hydrogens (tertiary/aromatic N) is 4. The van der Waals surface area contributed by atoms with Gasteiger partial charge in [-0.3, -0.25) is 0 Å². The SMILES string of the molecule is CN(C)C1CCN(c2nccc(/C(N)=N/O)c2Cl)C1. The Bertz CT molecular complexity index is 491. The van der Waals surface area contributed by atoms with Crippen LogP contribution in [0.1, 0.15) is 12.0 Å². The van der Waals surface area contributed by atoms with Crippen LogP contribution in [0.4, 0.5) is 5.82 Å². The number of aromatic nitrogens is 1. The lowest BCUT2D eigenvalue weighted by atomic mass is 10.2. The fourth-order valence-corrected chi connectivity index (χ4v) is 2.59. The van der Waals surface area contributed by atoms with Crippen LogP contribution < -0.4 is 10.6 Å². The summed E-state index contributed by atoms with van der Waals surface area (Å²) in [7, 11) is 4.13. The lowest BCUT2D eigenvalue weighted by molar-refractivity contribution is 0.315. The normalized spacial score (nSPS) is 20.3. The first-order valence-corrected chi connectivity index (χ1v) is 6.46. The fourth-order valence-electron chi connectivity index (χ4n) is 2.26. The number of anilines is 1. The smallest absolute Gasteiger partial charge is 0.171 e. The summed E-state index contributed by atoms with van der Waals surface area (Å²) < 4.78 is 0. The first-order valence-electron chi connectivity index (χ1n) is 6.08. The first-order chi connectivity index (χ1) is 9.04. The minimum Gasteiger partial charge on any atom is -0.409 e. The Hall–Kier alpha value is -1.53. The second kappa shape index (κ2) is 5.63. The monoisotopic (exact) mass is 283 g/mol. The minimum atomic E-state index is -0.00277. The van der Waals surface area contributed by atoms with Crippen molar-refractivity contribution in [3.05, 3.63) is 22.8 Å². The number of halogens is 1. The average Bonchev–Trinajstić information content (AvgIpc) is 2.87. The molecular weight excluding hydrogens is 266 g/mol. The van der Waals surface area contributed by atoms with Gasteiger partial charge in [0.25, 0.3) is 0 Å². The number of likely N-dealkylation sites (N-methyl/N-ethyl adjacent to an activating group) is 1. The molecule has 1 aliphatic heterocycles. The van der Waals surface area contributed by atoms with Gasteiger partial charge in [-0.15, -0.1) is 0 Å². The molecule has 1 fully saturated rings. The Kier molecular flexibility index (Phi) is 4.11. The van der Waals surface area contributed by atoms with Gasteiger partial charge in [0.05, 0.1) is 5.02 Å². The molecule has 1 aliphatic rings. The highest BCUT2D eigenvalue weighted by Gasteiger charge is 2.27. The van der Waals surface area contributed by atoms with E-state index in [1.807, 2.05) is 0 Å². The minimum absolute atomic E-state index is 0.00277. The second-order valence-electron chi connectivity index (χ2n) is 4.83. The van der Waals surface area contributed by atoms with Crippen LogP contribution in [-0.4, -0.2) is 54.2 Å². The van der Waals surface area contributed by atoms with Crippen LogP contribution in [0, 0.1) is 0 Å². The Morgan fingerprint density at radius 3 is 2.95 bits per heavy atom. The third kappa shape index (κ3) is 2.74. The number of hydrogen-bond donors (Lipinski definition) is 2. The van der Waals surface area contributed by atoms with Crippen molar-refractivity contribution < 1.29 is 5.21 Å². The van der Waals surface area contributed by atoms with Gasteiger partial charge in [-0.1, -0.05) is 16.8 Å². The van der Waals surface area contributed by atoms with E-state index in [1.165, 1.54) is 0 Å². The molecule has 0 radical (unpaired) electrons. The zero-order chi connectivity index (χ0) is 14.0. The van der Waals surface area contributed by atoms with Crippen LogP contribution in [0.15, 0.2) is 17.4 Å². The standard InChI is InChI=1S/C12H18ClN5O/c1-17(2)8-4-6-18(7-8)12-10(13)9(3-5-15-12)11(14)16-19/h3,5,8,19H,4,6-7H2,1-2H3,(H2,14,16). The molecule has 0 spiro atoms. The van der Waals surface area contributed by atoms with E-state index in [9.17, 15) is 0 Å². The maximum absolute atomic E-state index is 8.75. The molecule has 2 rings (SSSR count). The highest BCUT2D eigenvalue weighted by atomic mass is 35.5. The van der Waals surface area contributed by atoms with Crippen LogP contribution in [-0.2, 0) is 0 Å². The van der Waals surface area contributed by atoms with Gasteiger partial charge >= 0.3 is 0 Å². The molecule has 1 aromatic rings. The van der Waals surface area contributed by atoms with Crippen molar-refractivity contribution in [3.63, 3.8) is 0 Å². The van der Waals surface area contributed by atoms with Gasteiger partial charge in [0.15, 0.2) is 5.84 Å². The molecule has 0 aliphatic carbocycles. The highest BCUT2D eigenvalue weighted by molar-refractivity contribution is 6.36. The van der Waals surface area contributed by atoms with Gasteiger partial charge in [-0.2, -0.15) is 0 Å². The molecule has 1 aromatic heterocycles. The van der Waals surface area contributed by atoms with Crippen LogP contribution in [0.2, 0.25) is 5.02 Å². The lowest BCUT2D eigenvalue weighted by Crippen LogP contribution is -2.32. The topological polar surface area (TPSA) is 78.0 Å². The molecule has 104 valence electrons. The van der Waals surface area contributed by atoms with Gasteiger partial charge in [-0.05, 0) is 26.6 Å². The first kappa shape index (κ1) is 13.9. The van der Waals surface area contributed by atoms with Gasteiger partial charge in [-0.25, -0.2) is 4.98 Å². The lowest BCUT2D eigenvalue weighted by Gasteiger charge is -2.22. The summed E-state index contributed by atoms with van der Waals surface area (Å²) in [6.07, 6.45) is 2.69. The molecule has 0 aromatic carbocycles. The van der Waals surface area contributed by atoms with E-state index in [2.05, 4.69) is 34.0 Å². The molecular formula is C12H18ClN5O. The zero-order valence-corrected chi connectivity index (χ0v) is 11.8. The van der Waals surface area contributed by atoms with Gasteiger partial charge in [0.2, 0.25) is 0 Å². The molecule has 6 nitrogen and oxygen atoms in total. The van der Waals surface area contributed by atoms with E-state index in [1.54, 1.807) is 12.3 Å². The van der Waals surface area contributed by atoms with Gasteiger partial charge in [0.1, 0.15) is 5.82 Å². The molecule has 1 saturated heterocycles. The summed E-state index contributed by atoms with van der Waals surface area (Å²) in [4.78, 5) is 8.64. The van der Waals surface area contributed by atoms with Crippen molar-refractivity contribution in [1.82, 2.24) is 9.88 Å². The molecule has 7 heteroatoms. The van der Waals surface area contributed by atoms with Crippen molar-refractivity contribution in [3.8, 4) is 0 Å². The quantitative estimate of drug-likeness (QED) is 0.374. The maximum atomic E-state index is 8.75. The third-order valence-electron chi connectivity index (χ3n) is 3.45. The fraction of sp³-hybridized carbons (Fsp3) is 0.500.